The van der Waals surface area contributed by atoms with Gasteiger partial charge in [0.15, 0.2) is 5.96 Å². The van der Waals surface area contributed by atoms with Crippen molar-refractivity contribution in [1.29, 1.82) is 0 Å². The molecule has 0 radical (unpaired) electrons. The fourth-order valence-corrected chi connectivity index (χ4v) is 1.39. The van der Waals surface area contributed by atoms with E-state index < -0.39 is 13.0 Å². The van der Waals surface area contributed by atoms with Crippen LogP contribution in [0.15, 0.2) is 23.3 Å². The van der Waals surface area contributed by atoms with Crippen LogP contribution in [-0.4, -0.2) is 37.5 Å². The summed E-state index contributed by atoms with van der Waals surface area (Å²) in [5, 5.41) is 5.89. The third-order valence-corrected chi connectivity index (χ3v) is 2.37. The van der Waals surface area contributed by atoms with E-state index in [0.29, 0.717) is 24.1 Å². The predicted molar refractivity (Wildman–Crippen MR) is 83.7 cm³/mol. The zero-order valence-electron chi connectivity index (χ0n) is 10.4. The van der Waals surface area contributed by atoms with Gasteiger partial charge < -0.3 is 10.6 Å². The van der Waals surface area contributed by atoms with Gasteiger partial charge in [-0.1, -0.05) is 17.7 Å². The summed E-state index contributed by atoms with van der Waals surface area (Å²) >= 11 is 5.66. The van der Waals surface area contributed by atoms with Crippen molar-refractivity contribution in [1.82, 2.24) is 15.6 Å². The molecule has 0 fully saturated rings. The highest BCUT2D eigenvalue weighted by molar-refractivity contribution is 14.0. The first-order valence-electron chi connectivity index (χ1n) is 5.45. The average molecular weight is 405 g/mol. The Bertz CT molecular complexity index is 387. The predicted octanol–water partition coefficient (Wildman–Crippen LogP) is 2.33. The van der Waals surface area contributed by atoms with Crippen LogP contribution in [0.2, 0.25) is 5.15 Å². The van der Waals surface area contributed by atoms with Crippen LogP contribution < -0.4 is 10.6 Å². The third kappa shape index (κ3) is 8.14. The van der Waals surface area contributed by atoms with Crippen molar-refractivity contribution >= 4 is 41.5 Å². The van der Waals surface area contributed by atoms with Crippen molar-refractivity contribution < 1.29 is 8.78 Å². The van der Waals surface area contributed by atoms with E-state index in [-0.39, 0.29) is 24.0 Å². The van der Waals surface area contributed by atoms with E-state index >= 15 is 0 Å². The Morgan fingerprint density at radius 2 is 2.16 bits per heavy atom. The molecule has 0 spiro atoms. The molecule has 0 unspecified atom stereocenters. The first kappa shape index (κ1) is 18.3. The van der Waals surface area contributed by atoms with Crippen LogP contribution in [0, 0.1) is 0 Å². The number of aliphatic imine (C=N–C) groups is 1. The van der Waals surface area contributed by atoms with Gasteiger partial charge in [0.1, 0.15) is 5.15 Å². The molecule has 1 rings (SSSR count). The summed E-state index contributed by atoms with van der Waals surface area (Å²) in [6.45, 7) is 0.161. The number of aromatic nitrogens is 1. The molecule has 0 aliphatic carbocycles. The molecular formula is C11H16ClF2IN4. The molecule has 0 saturated heterocycles. The highest BCUT2D eigenvalue weighted by Gasteiger charge is 2.03. The molecule has 4 nitrogen and oxygen atoms in total. The summed E-state index contributed by atoms with van der Waals surface area (Å²) in [5.74, 6) is 0.359. The quantitative estimate of drug-likeness (QED) is 0.343. The van der Waals surface area contributed by atoms with Crippen molar-refractivity contribution in [3.05, 3.63) is 29.0 Å². The summed E-state index contributed by atoms with van der Waals surface area (Å²) in [6.07, 6.45) is -0.0113. The minimum absolute atomic E-state index is 0. The first-order chi connectivity index (χ1) is 8.61. The van der Waals surface area contributed by atoms with Gasteiger partial charge in [-0.25, -0.2) is 13.8 Å². The number of hydrogen-bond donors (Lipinski definition) is 2. The molecule has 1 aromatic rings. The average Bonchev–Trinajstić information content (AvgIpc) is 2.35. The first-order valence-corrected chi connectivity index (χ1v) is 5.82. The molecule has 0 aliphatic heterocycles. The zero-order chi connectivity index (χ0) is 13.4. The minimum atomic E-state index is -2.40. The lowest BCUT2D eigenvalue weighted by atomic mass is 10.2. The van der Waals surface area contributed by atoms with Crippen LogP contribution in [0.25, 0.3) is 0 Å². The van der Waals surface area contributed by atoms with E-state index in [0.717, 1.165) is 5.56 Å². The number of alkyl halides is 2. The number of halogens is 4. The number of guanidine groups is 1. The van der Waals surface area contributed by atoms with Crippen LogP contribution in [0.4, 0.5) is 8.78 Å². The zero-order valence-corrected chi connectivity index (χ0v) is 13.5. The summed E-state index contributed by atoms with van der Waals surface area (Å²) in [4.78, 5) is 7.78. The van der Waals surface area contributed by atoms with Crippen LogP contribution in [0.3, 0.4) is 0 Å². The molecule has 1 aromatic heterocycles. The molecule has 0 saturated carbocycles. The number of nitrogens with one attached hydrogen (secondary N) is 2. The molecule has 0 aliphatic rings. The van der Waals surface area contributed by atoms with E-state index in [4.69, 9.17) is 11.6 Å². The standard InChI is InChI=1S/C11H15ClF2N4.HI/c1-15-11(18-7-10(13)14)16-5-4-8-2-3-9(12)17-6-8;/h2-3,6,10H,4-5,7H2,1H3,(H2,15,16,18);1H. The van der Waals surface area contributed by atoms with E-state index in [2.05, 4.69) is 20.6 Å². The highest BCUT2D eigenvalue weighted by Crippen LogP contribution is 2.05. The number of rotatable bonds is 5. The van der Waals surface area contributed by atoms with E-state index in [9.17, 15) is 8.78 Å². The number of nitrogens with zero attached hydrogens (tertiary/aromatic N) is 2. The van der Waals surface area contributed by atoms with E-state index in [1.807, 2.05) is 6.07 Å². The van der Waals surface area contributed by atoms with Gasteiger partial charge in [-0.2, -0.15) is 0 Å². The van der Waals surface area contributed by atoms with Crippen molar-refractivity contribution in [2.75, 3.05) is 20.1 Å². The smallest absolute Gasteiger partial charge is 0.255 e. The Hall–Kier alpha value is -0.700. The normalized spacial score (nSPS) is 11.1. The Labute approximate surface area is 133 Å². The highest BCUT2D eigenvalue weighted by atomic mass is 127. The molecule has 0 amide bonds. The minimum Gasteiger partial charge on any atom is -0.356 e. The SMILES string of the molecule is CN=C(NCCc1ccc(Cl)nc1)NCC(F)F.I. The second-order valence-corrected chi connectivity index (χ2v) is 3.90. The van der Waals surface area contributed by atoms with Crippen molar-refractivity contribution in [2.45, 2.75) is 12.8 Å². The van der Waals surface area contributed by atoms with E-state index in [1.165, 1.54) is 7.05 Å². The molecule has 0 atom stereocenters. The van der Waals surface area contributed by atoms with Gasteiger partial charge in [-0.15, -0.1) is 24.0 Å². The number of pyridine rings is 1. The van der Waals surface area contributed by atoms with Crippen LogP contribution in [0.5, 0.6) is 0 Å². The van der Waals surface area contributed by atoms with Crippen LogP contribution >= 0.6 is 35.6 Å². The van der Waals surface area contributed by atoms with Gasteiger partial charge in [-0.3, -0.25) is 4.99 Å². The van der Waals surface area contributed by atoms with Gasteiger partial charge in [-0.05, 0) is 18.1 Å². The molecule has 0 aromatic carbocycles. The second-order valence-electron chi connectivity index (χ2n) is 3.51. The molecule has 8 heteroatoms. The third-order valence-electron chi connectivity index (χ3n) is 2.14. The van der Waals surface area contributed by atoms with Gasteiger partial charge >= 0.3 is 0 Å². The maximum Gasteiger partial charge on any atom is 0.255 e. The lowest BCUT2D eigenvalue weighted by Crippen LogP contribution is -2.40. The van der Waals surface area contributed by atoms with Crippen molar-refractivity contribution in [2.24, 2.45) is 4.99 Å². The lowest BCUT2D eigenvalue weighted by molar-refractivity contribution is 0.152. The fraction of sp³-hybridized carbons (Fsp3) is 0.455. The number of hydrogen-bond acceptors (Lipinski definition) is 2. The summed E-state index contributed by atoms with van der Waals surface area (Å²) in [7, 11) is 1.53. The second kappa shape index (κ2) is 10.1. The lowest BCUT2D eigenvalue weighted by Gasteiger charge is -2.11. The van der Waals surface area contributed by atoms with E-state index in [1.54, 1.807) is 12.3 Å². The molecule has 2 N–H and O–H groups in total. The van der Waals surface area contributed by atoms with Crippen LogP contribution in [0.1, 0.15) is 5.56 Å². The largest absolute Gasteiger partial charge is 0.356 e. The summed E-state index contributed by atoms with van der Waals surface area (Å²) < 4.78 is 24.0. The van der Waals surface area contributed by atoms with Gasteiger partial charge in [0.05, 0.1) is 6.54 Å². The monoisotopic (exact) mass is 404 g/mol. The van der Waals surface area contributed by atoms with Crippen molar-refractivity contribution in [3.8, 4) is 0 Å². The Morgan fingerprint density at radius 1 is 1.42 bits per heavy atom. The molecule has 19 heavy (non-hydrogen) atoms. The molecular weight excluding hydrogens is 389 g/mol. The topological polar surface area (TPSA) is 49.3 Å². The summed E-state index contributed by atoms with van der Waals surface area (Å²) in [5.41, 5.74) is 1.01. The summed E-state index contributed by atoms with van der Waals surface area (Å²) in [6, 6.07) is 3.58. The molecule has 108 valence electrons. The van der Waals surface area contributed by atoms with Gasteiger partial charge in [0.25, 0.3) is 6.43 Å². The van der Waals surface area contributed by atoms with Crippen LogP contribution in [-0.2, 0) is 6.42 Å². The fourth-order valence-electron chi connectivity index (χ4n) is 1.27. The van der Waals surface area contributed by atoms with Gasteiger partial charge in [0, 0.05) is 19.8 Å². The molecule has 1 heterocycles. The van der Waals surface area contributed by atoms with Crippen molar-refractivity contribution in [3.63, 3.8) is 0 Å². The van der Waals surface area contributed by atoms with Gasteiger partial charge in [0.2, 0.25) is 0 Å². The molecule has 0 bridgehead atoms. The Morgan fingerprint density at radius 3 is 2.68 bits per heavy atom. The maximum absolute atomic E-state index is 12.0. The Kier molecular flexibility index (Phi) is 9.76. The maximum atomic E-state index is 12.0. The Balaban J connectivity index is 0.00000324.